The molecule has 1 amide bonds. The maximum absolute atomic E-state index is 11.4. The molecule has 0 aromatic heterocycles. The van der Waals surface area contributed by atoms with Gasteiger partial charge in [0.15, 0.2) is 0 Å². The zero-order valence-electron chi connectivity index (χ0n) is 8.95. The van der Waals surface area contributed by atoms with Gasteiger partial charge in [-0.25, -0.2) is 4.79 Å². The minimum Gasteiger partial charge on any atom is -0.480 e. The van der Waals surface area contributed by atoms with Crippen LogP contribution < -0.4 is 5.32 Å². The quantitative estimate of drug-likeness (QED) is 0.720. The minimum atomic E-state index is -0.893. The lowest BCUT2D eigenvalue weighted by Gasteiger charge is -2.33. The number of carbonyl (C=O) groups excluding carboxylic acids is 1. The van der Waals surface area contributed by atoms with Crippen molar-refractivity contribution in [3.8, 4) is 0 Å². The summed E-state index contributed by atoms with van der Waals surface area (Å²) in [7, 11) is 0. The second-order valence-corrected chi connectivity index (χ2v) is 5.00. The second-order valence-electron chi connectivity index (χ2n) is 5.00. The van der Waals surface area contributed by atoms with E-state index in [2.05, 4.69) is 5.32 Å². The smallest absolute Gasteiger partial charge is 0.326 e. The molecule has 2 atom stereocenters. The van der Waals surface area contributed by atoms with E-state index in [1.165, 1.54) is 12.8 Å². The molecule has 1 heterocycles. The van der Waals surface area contributed by atoms with Crippen LogP contribution in [0, 0.1) is 11.3 Å². The predicted octanol–water partition coefficient (Wildman–Crippen LogP) is 1.16. The van der Waals surface area contributed by atoms with Crippen molar-refractivity contribution < 1.29 is 14.7 Å². The Balaban J connectivity index is 2.23. The van der Waals surface area contributed by atoms with Crippen LogP contribution in [0.3, 0.4) is 0 Å². The first kappa shape index (κ1) is 10.5. The molecule has 0 spiro atoms. The maximum Gasteiger partial charge on any atom is 0.326 e. The summed E-state index contributed by atoms with van der Waals surface area (Å²) in [4.78, 5) is 22.5. The Morgan fingerprint density at radius 2 is 2.07 bits per heavy atom. The Hall–Kier alpha value is -1.06. The molecule has 1 aliphatic carbocycles. The van der Waals surface area contributed by atoms with E-state index in [0.29, 0.717) is 12.3 Å². The first-order valence-corrected chi connectivity index (χ1v) is 5.56. The summed E-state index contributed by atoms with van der Waals surface area (Å²) in [5.41, 5.74) is -0.376. The fourth-order valence-electron chi connectivity index (χ4n) is 3.13. The van der Waals surface area contributed by atoms with Crippen LogP contribution in [-0.2, 0) is 9.59 Å². The van der Waals surface area contributed by atoms with Gasteiger partial charge in [0.1, 0.15) is 6.04 Å². The first-order valence-electron chi connectivity index (χ1n) is 5.56. The highest BCUT2D eigenvalue weighted by Gasteiger charge is 2.52. The third-order valence-corrected chi connectivity index (χ3v) is 4.04. The van der Waals surface area contributed by atoms with E-state index in [-0.39, 0.29) is 11.3 Å². The van der Waals surface area contributed by atoms with Gasteiger partial charge in [-0.3, -0.25) is 4.79 Å². The van der Waals surface area contributed by atoms with E-state index < -0.39 is 12.0 Å². The molecule has 0 aromatic rings. The first-order chi connectivity index (χ1) is 7.04. The van der Waals surface area contributed by atoms with Gasteiger partial charge in [-0.1, -0.05) is 19.8 Å². The molecule has 1 saturated carbocycles. The number of hydrogen-bond donors (Lipinski definition) is 2. The molecule has 0 aromatic carbocycles. The average molecular weight is 211 g/mol. The molecule has 84 valence electrons. The molecule has 2 unspecified atom stereocenters. The molecule has 0 radical (unpaired) electrons. The van der Waals surface area contributed by atoms with Crippen LogP contribution in [0.15, 0.2) is 0 Å². The number of carboxylic acid groups (broad SMARTS) is 1. The van der Waals surface area contributed by atoms with Crippen LogP contribution in [0.5, 0.6) is 0 Å². The Bertz CT molecular complexity index is 296. The number of carbonyl (C=O) groups is 2. The number of amides is 1. The van der Waals surface area contributed by atoms with Gasteiger partial charge in [-0.2, -0.15) is 0 Å². The monoisotopic (exact) mass is 211 g/mol. The molecule has 1 saturated heterocycles. The van der Waals surface area contributed by atoms with E-state index >= 15 is 0 Å². The molecular weight excluding hydrogens is 194 g/mol. The largest absolute Gasteiger partial charge is 0.480 e. The van der Waals surface area contributed by atoms with E-state index in [9.17, 15) is 9.59 Å². The van der Waals surface area contributed by atoms with E-state index in [1.807, 2.05) is 6.92 Å². The summed E-state index contributed by atoms with van der Waals surface area (Å²) in [6.45, 7) is 1.94. The Morgan fingerprint density at radius 3 is 2.60 bits per heavy atom. The van der Waals surface area contributed by atoms with Gasteiger partial charge in [0.05, 0.1) is 0 Å². The Morgan fingerprint density at radius 1 is 1.47 bits per heavy atom. The van der Waals surface area contributed by atoms with E-state index in [0.717, 1.165) is 12.8 Å². The van der Waals surface area contributed by atoms with Crippen molar-refractivity contribution in [1.29, 1.82) is 0 Å². The normalized spacial score (nSPS) is 36.9. The molecular formula is C11H17NO3. The van der Waals surface area contributed by atoms with Gasteiger partial charge in [0, 0.05) is 11.8 Å². The molecule has 4 nitrogen and oxygen atoms in total. The second kappa shape index (κ2) is 3.51. The van der Waals surface area contributed by atoms with Crippen molar-refractivity contribution in [3.63, 3.8) is 0 Å². The zero-order chi connectivity index (χ0) is 11.1. The lowest BCUT2D eigenvalue weighted by Crippen LogP contribution is -2.45. The topological polar surface area (TPSA) is 66.4 Å². The summed E-state index contributed by atoms with van der Waals surface area (Å²) in [5.74, 6) is -0.621. The number of nitrogens with one attached hydrogen (secondary N) is 1. The molecule has 2 N–H and O–H groups in total. The van der Waals surface area contributed by atoms with Crippen LogP contribution in [0.4, 0.5) is 0 Å². The lowest BCUT2D eigenvalue weighted by molar-refractivity contribution is -0.143. The third-order valence-electron chi connectivity index (χ3n) is 4.04. The van der Waals surface area contributed by atoms with Crippen molar-refractivity contribution in [3.05, 3.63) is 0 Å². The van der Waals surface area contributed by atoms with Gasteiger partial charge in [-0.05, 0) is 18.8 Å². The van der Waals surface area contributed by atoms with Crippen molar-refractivity contribution in [2.24, 2.45) is 11.3 Å². The zero-order valence-corrected chi connectivity index (χ0v) is 8.95. The van der Waals surface area contributed by atoms with Gasteiger partial charge in [0.25, 0.3) is 0 Å². The predicted molar refractivity (Wildman–Crippen MR) is 54.2 cm³/mol. The fraction of sp³-hybridized carbons (Fsp3) is 0.818. The van der Waals surface area contributed by atoms with Crippen LogP contribution in [0.2, 0.25) is 0 Å². The molecule has 2 fully saturated rings. The molecule has 0 bridgehead atoms. The average Bonchev–Trinajstić information content (AvgIpc) is 2.72. The number of hydrogen-bond acceptors (Lipinski definition) is 2. The summed E-state index contributed by atoms with van der Waals surface area (Å²) in [5, 5.41) is 11.7. The lowest BCUT2D eigenvalue weighted by atomic mass is 9.70. The number of carboxylic acids is 1. The highest BCUT2D eigenvalue weighted by Crippen LogP contribution is 2.46. The van der Waals surface area contributed by atoms with Crippen molar-refractivity contribution in [1.82, 2.24) is 5.32 Å². The Kier molecular flexibility index (Phi) is 2.44. The molecule has 2 aliphatic rings. The van der Waals surface area contributed by atoms with Gasteiger partial charge >= 0.3 is 5.97 Å². The highest BCUT2D eigenvalue weighted by molar-refractivity contribution is 5.89. The standard InChI is InChI=1S/C11H17NO3/c1-11(7-4-2-3-5-7)6-8(13)12-9(11)10(14)15/h7,9H,2-6H2,1H3,(H,12,13)(H,14,15). The van der Waals surface area contributed by atoms with Gasteiger partial charge < -0.3 is 10.4 Å². The van der Waals surface area contributed by atoms with E-state index in [4.69, 9.17) is 5.11 Å². The molecule has 1 aliphatic heterocycles. The molecule has 2 rings (SSSR count). The summed E-state index contributed by atoms with van der Waals surface area (Å²) in [6, 6.07) is -0.687. The van der Waals surface area contributed by atoms with Crippen molar-refractivity contribution in [2.75, 3.05) is 0 Å². The van der Waals surface area contributed by atoms with Gasteiger partial charge in [0.2, 0.25) is 5.91 Å². The Labute approximate surface area is 89.0 Å². The van der Waals surface area contributed by atoms with E-state index in [1.54, 1.807) is 0 Å². The molecule has 15 heavy (non-hydrogen) atoms. The van der Waals surface area contributed by atoms with Crippen LogP contribution >= 0.6 is 0 Å². The maximum atomic E-state index is 11.4. The van der Waals surface area contributed by atoms with Crippen LogP contribution in [0.1, 0.15) is 39.0 Å². The van der Waals surface area contributed by atoms with Crippen LogP contribution in [-0.4, -0.2) is 23.0 Å². The van der Waals surface area contributed by atoms with Crippen molar-refractivity contribution in [2.45, 2.75) is 45.1 Å². The summed E-state index contributed by atoms with van der Waals surface area (Å²) in [6.07, 6.45) is 4.83. The van der Waals surface area contributed by atoms with Gasteiger partial charge in [-0.15, -0.1) is 0 Å². The van der Waals surface area contributed by atoms with Crippen molar-refractivity contribution >= 4 is 11.9 Å². The van der Waals surface area contributed by atoms with Crippen LogP contribution in [0.25, 0.3) is 0 Å². The third kappa shape index (κ3) is 1.62. The minimum absolute atomic E-state index is 0.114. The fourth-order valence-corrected chi connectivity index (χ4v) is 3.13. The SMILES string of the molecule is CC1(C2CCCC2)CC(=O)NC1C(=O)O. The number of aliphatic carboxylic acids is 1. The highest BCUT2D eigenvalue weighted by atomic mass is 16.4. The number of rotatable bonds is 2. The molecule has 4 heteroatoms. The summed E-state index contributed by atoms with van der Waals surface area (Å²) >= 11 is 0. The summed E-state index contributed by atoms with van der Waals surface area (Å²) < 4.78 is 0.